The Morgan fingerprint density at radius 3 is 2.47 bits per heavy atom. The predicted octanol–water partition coefficient (Wildman–Crippen LogP) is -1.11. The van der Waals surface area contributed by atoms with Crippen LogP contribution in [-0.2, 0) is 14.3 Å². The standard InChI is InChI=1S/C9H16N2O4/c10-8(12)7(9(13)14)1-2-11-3-5-15-6-4-11/h7H,1-6H2,(H2,10,12)(H,13,14). The van der Waals surface area contributed by atoms with E-state index in [1.807, 2.05) is 0 Å². The number of carbonyl (C=O) groups excluding carboxylic acids is 1. The molecule has 0 radical (unpaired) electrons. The largest absolute Gasteiger partial charge is 0.481 e. The Hall–Kier alpha value is -1.14. The summed E-state index contributed by atoms with van der Waals surface area (Å²) in [5.41, 5.74) is 4.99. The smallest absolute Gasteiger partial charge is 0.316 e. The number of nitrogens with zero attached hydrogens (tertiary/aromatic N) is 1. The van der Waals surface area contributed by atoms with Crippen molar-refractivity contribution in [2.45, 2.75) is 6.42 Å². The van der Waals surface area contributed by atoms with Gasteiger partial charge in [-0.05, 0) is 13.0 Å². The third-order valence-electron chi connectivity index (χ3n) is 2.48. The lowest BCUT2D eigenvalue weighted by Crippen LogP contribution is -2.39. The fraction of sp³-hybridized carbons (Fsp3) is 0.778. The number of carboxylic acids is 1. The molecule has 0 spiro atoms. The van der Waals surface area contributed by atoms with E-state index in [0.717, 1.165) is 13.1 Å². The first-order valence-corrected chi connectivity index (χ1v) is 4.93. The van der Waals surface area contributed by atoms with Gasteiger partial charge in [0.15, 0.2) is 0 Å². The van der Waals surface area contributed by atoms with Crippen molar-refractivity contribution >= 4 is 11.9 Å². The van der Waals surface area contributed by atoms with Crippen LogP contribution in [0.25, 0.3) is 0 Å². The van der Waals surface area contributed by atoms with Crippen LogP contribution in [-0.4, -0.2) is 54.7 Å². The van der Waals surface area contributed by atoms with Gasteiger partial charge < -0.3 is 15.6 Å². The summed E-state index contributed by atoms with van der Waals surface area (Å²) in [6, 6.07) is 0. The van der Waals surface area contributed by atoms with Crippen LogP contribution < -0.4 is 5.73 Å². The summed E-state index contributed by atoms with van der Waals surface area (Å²) in [4.78, 5) is 23.6. The highest BCUT2D eigenvalue weighted by Crippen LogP contribution is 2.06. The molecular weight excluding hydrogens is 200 g/mol. The molecule has 1 heterocycles. The molecule has 1 aliphatic heterocycles. The van der Waals surface area contributed by atoms with Crippen molar-refractivity contribution in [2.75, 3.05) is 32.8 Å². The summed E-state index contributed by atoms with van der Waals surface area (Å²) in [7, 11) is 0. The van der Waals surface area contributed by atoms with E-state index in [2.05, 4.69) is 4.90 Å². The topological polar surface area (TPSA) is 92.9 Å². The van der Waals surface area contributed by atoms with Crippen molar-refractivity contribution in [3.05, 3.63) is 0 Å². The third-order valence-corrected chi connectivity index (χ3v) is 2.48. The van der Waals surface area contributed by atoms with Gasteiger partial charge in [-0.25, -0.2) is 0 Å². The van der Waals surface area contributed by atoms with Crippen molar-refractivity contribution in [2.24, 2.45) is 11.7 Å². The number of hydrogen-bond donors (Lipinski definition) is 2. The minimum atomic E-state index is -1.14. The van der Waals surface area contributed by atoms with Crippen LogP contribution in [0.15, 0.2) is 0 Å². The molecule has 0 bridgehead atoms. The fourth-order valence-corrected chi connectivity index (χ4v) is 1.52. The first-order chi connectivity index (χ1) is 7.11. The molecule has 1 rings (SSSR count). The zero-order chi connectivity index (χ0) is 11.3. The lowest BCUT2D eigenvalue weighted by molar-refractivity contribution is -0.146. The molecule has 0 saturated carbocycles. The van der Waals surface area contributed by atoms with Gasteiger partial charge in [0.2, 0.25) is 5.91 Å². The van der Waals surface area contributed by atoms with E-state index in [1.54, 1.807) is 0 Å². The number of nitrogens with two attached hydrogens (primary N) is 1. The Morgan fingerprint density at radius 1 is 1.40 bits per heavy atom. The Balaban J connectivity index is 2.32. The van der Waals surface area contributed by atoms with E-state index >= 15 is 0 Å². The van der Waals surface area contributed by atoms with E-state index in [9.17, 15) is 9.59 Å². The van der Waals surface area contributed by atoms with Gasteiger partial charge in [0.25, 0.3) is 0 Å². The zero-order valence-electron chi connectivity index (χ0n) is 8.52. The summed E-state index contributed by atoms with van der Waals surface area (Å²) in [6.45, 7) is 3.46. The number of morpholine rings is 1. The number of carboxylic acid groups (broad SMARTS) is 1. The molecule has 6 nitrogen and oxygen atoms in total. The highest BCUT2D eigenvalue weighted by molar-refractivity contribution is 5.95. The second kappa shape index (κ2) is 5.67. The SMILES string of the molecule is NC(=O)C(CCN1CCOCC1)C(=O)O. The summed E-state index contributed by atoms with van der Waals surface area (Å²) in [5, 5.41) is 8.73. The van der Waals surface area contributed by atoms with Crippen molar-refractivity contribution in [1.29, 1.82) is 0 Å². The molecule has 1 atom stereocenters. The minimum Gasteiger partial charge on any atom is -0.481 e. The van der Waals surface area contributed by atoms with Crippen LogP contribution in [0.3, 0.4) is 0 Å². The van der Waals surface area contributed by atoms with Crippen molar-refractivity contribution < 1.29 is 19.4 Å². The Bertz CT molecular complexity index is 224. The fourth-order valence-electron chi connectivity index (χ4n) is 1.52. The number of primary amides is 1. The van der Waals surface area contributed by atoms with E-state index in [4.69, 9.17) is 15.6 Å². The quantitative estimate of drug-likeness (QED) is 0.569. The van der Waals surface area contributed by atoms with E-state index in [1.165, 1.54) is 0 Å². The zero-order valence-corrected chi connectivity index (χ0v) is 8.52. The van der Waals surface area contributed by atoms with Crippen molar-refractivity contribution in [1.82, 2.24) is 4.90 Å². The van der Waals surface area contributed by atoms with Crippen molar-refractivity contribution in [3.8, 4) is 0 Å². The summed E-state index contributed by atoms with van der Waals surface area (Å²) in [5.74, 6) is -2.99. The second-order valence-corrected chi connectivity index (χ2v) is 3.54. The molecule has 1 unspecified atom stereocenters. The molecule has 1 amide bonds. The summed E-state index contributed by atoms with van der Waals surface area (Å²) in [6.07, 6.45) is 0.269. The molecule has 1 aliphatic rings. The number of rotatable bonds is 5. The lowest BCUT2D eigenvalue weighted by Gasteiger charge is -2.27. The molecule has 6 heteroatoms. The van der Waals surface area contributed by atoms with Crippen LogP contribution in [0.5, 0.6) is 0 Å². The molecule has 1 saturated heterocycles. The molecule has 0 aromatic rings. The molecule has 0 aromatic heterocycles. The molecule has 0 aromatic carbocycles. The highest BCUT2D eigenvalue weighted by atomic mass is 16.5. The third kappa shape index (κ3) is 3.85. The Labute approximate surface area is 88.0 Å². The molecule has 86 valence electrons. The Morgan fingerprint density at radius 2 is 2.00 bits per heavy atom. The van der Waals surface area contributed by atoms with Gasteiger partial charge in [0, 0.05) is 13.1 Å². The molecule has 0 aliphatic carbocycles. The number of ether oxygens (including phenoxy) is 1. The summed E-state index contributed by atoms with van der Waals surface area (Å²) < 4.78 is 5.15. The van der Waals surface area contributed by atoms with E-state index < -0.39 is 17.8 Å². The van der Waals surface area contributed by atoms with Gasteiger partial charge >= 0.3 is 5.97 Å². The summed E-state index contributed by atoms with van der Waals surface area (Å²) >= 11 is 0. The molecule has 3 N–H and O–H groups in total. The maximum Gasteiger partial charge on any atom is 0.316 e. The first-order valence-electron chi connectivity index (χ1n) is 4.93. The van der Waals surface area contributed by atoms with Crippen LogP contribution >= 0.6 is 0 Å². The van der Waals surface area contributed by atoms with Crippen LogP contribution in [0.4, 0.5) is 0 Å². The average molecular weight is 216 g/mol. The monoisotopic (exact) mass is 216 g/mol. The van der Waals surface area contributed by atoms with Crippen molar-refractivity contribution in [3.63, 3.8) is 0 Å². The average Bonchev–Trinajstić information content (AvgIpc) is 2.18. The van der Waals surface area contributed by atoms with Gasteiger partial charge in [-0.15, -0.1) is 0 Å². The van der Waals surface area contributed by atoms with Gasteiger partial charge in [-0.1, -0.05) is 0 Å². The van der Waals surface area contributed by atoms with Gasteiger partial charge in [0.1, 0.15) is 5.92 Å². The van der Waals surface area contributed by atoms with E-state index in [0.29, 0.717) is 19.8 Å². The second-order valence-electron chi connectivity index (χ2n) is 3.54. The molecule has 1 fully saturated rings. The normalized spacial score (nSPS) is 19.7. The molecular formula is C9H16N2O4. The first kappa shape index (κ1) is 11.9. The van der Waals surface area contributed by atoms with Gasteiger partial charge in [-0.3, -0.25) is 14.5 Å². The van der Waals surface area contributed by atoms with Gasteiger partial charge in [-0.2, -0.15) is 0 Å². The highest BCUT2D eigenvalue weighted by Gasteiger charge is 2.24. The number of amides is 1. The number of hydrogen-bond acceptors (Lipinski definition) is 4. The number of aliphatic carboxylic acids is 1. The van der Waals surface area contributed by atoms with Crippen LogP contribution in [0.2, 0.25) is 0 Å². The van der Waals surface area contributed by atoms with Crippen LogP contribution in [0.1, 0.15) is 6.42 Å². The lowest BCUT2D eigenvalue weighted by atomic mass is 10.1. The minimum absolute atomic E-state index is 0.269. The Kier molecular flexibility index (Phi) is 4.51. The number of carbonyl (C=O) groups is 2. The maximum absolute atomic E-state index is 10.8. The molecule has 15 heavy (non-hydrogen) atoms. The van der Waals surface area contributed by atoms with E-state index in [-0.39, 0.29) is 6.42 Å². The van der Waals surface area contributed by atoms with Crippen LogP contribution in [0, 0.1) is 5.92 Å². The maximum atomic E-state index is 10.8. The predicted molar refractivity (Wildman–Crippen MR) is 52.2 cm³/mol. The van der Waals surface area contributed by atoms with Gasteiger partial charge in [0.05, 0.1) is 13.2 Å².